The standard InChI is InChI=1S/C37H53NO3/c1-25(2)8-6-9-26(3)32-17-18-33-31-16-13-28-24-30(19-21-36(28,4)34(31)20-22-37(32,33)5)41-35(39)40-29-14-11-27(12-15-29)10-7-23-38/h11-15,25-26,30-34H,6-10,16-22,24H2,1-5H3/t26-,30-,31-,32+,33-,34-,36-,37+/m0/s1. The number of carbonyl (C=O) groups is 1. The number of carbonyl (C=O) groups excluding carboxylic acids is 1. The molecule has 41 heavy (non-hydrogen) atoms. The van der Waals surface area contributed by atoms with E-state index < -0.39 is 6.16 Å². The predicted octanol–water partition coefficient (Wildman–Crippen LogP) is 10.1. The van der Waals surface area contributed by atoms with Gasteiger partial charge in [-0.15, -0.1) is 0 Å². The number of nitrogens with zero attached hydrogens (tertiary/aromatic N) is 1. The summed E-state index contributed by atoms with van der Waals surface area (Å²) in [5, 5.41) is 8.77. The van der Waals surface area contributed by atoms with Crippen LogP contribution in [0.4, 0.5) is 4.79 Å². The van der Waals surface area contributed by atoms with Gasteiger partial charge in [-0.05, 0) is 115 Å². The van der Waals surface area contributed by atoms with Gasteiger partial charge in [-0.3, -0.25) is 0 Å². The summed E-state index contributed by atoms with van der Waals surface area (Å²) in [6, 6.07) is 9.55. The van der Waals surface area contributed by atoms with Crippen molar-refractivity contribution in [2.24, 2.45) is 46.3 Å². The molecule has 0 aliphatic heterocycles. The summed E-state index contributed by atoms with van der Waals surface area (Å²) in [4.78, 5) is 12.6. The van der Waals surface area contributed by atoms with Gasteiger partial charge in [0.2, 0.25) is 0 Å². The average Bonchev–Trinajstić information content (AvgIpc) is 3.30. The van der Waals surface area contributed by atoms with E-state index in [-0.39, 0.29) is 11.5 Å². The fourth-order valence-corrected chi connectivity index (χ4v) is 9.93. The van der Waals surface area contributed by atoms with Crippen LogP contribution in [0.3, 0.4) is 0 Å². The zero-order valence-corrected chi connectivity index (χ0v) is 26.3. The third-order valence-corrected chi connectivity index (χ3v) is 12.2. The van der Waals surface area contributed by atoms with Gasteiger partial charge in [0.1, 0.15) is 11.9 Å². The molecule has 4 nitrogen and oxygen atoms in total. The molecule has 0 amide bonds. The summed E-state index contributed by atoms with van der Waals surface area (Å²) in [7, 11) is 0. The number of nitriles is 1. The van der Waals surface area contributed by atoms with E-state index >= 15 is 0 Å². The molecule has 0 aromatic heterocycles. The summed E-state index contributed by atoms with van der Waals surface area (Å²) >= 11 is 0. The molecule has 0 radical (unpaired) electrons. The number of aryl methyl sites for hydroxylation is 1. The highest BCUT2D eigenvalue weighted by Crippen LogP contribution is 2.67. The maximum Gasteiger partial charge on any atom is 0.514 e. The van der Waals surface area contributed by atoms with Gasteiger partial charge < -0.3 is 9.47 Å². The minimum Gasteiger partial charge on any atom is -0.430 e. The maximum atomic E-state index is 12.6. The summed E-state index contributed by atoms with van der Waals surface area (Å²) < 4.78 is 11.3. The van der Waals surface area contributed by atoms with Crippen molar-refractivity contribution in [1.82, 2.24) is 0 Å². The predicted molar refractivity (Wildman–Crippen MR) is 164 cm³/mol. The number of hydrogen-bond acceptors (Lipinski definition) is 4. The third-order valence-electron chi connectivity index (χ3n) is 12.2. The minimum absolute atomic E-state index is 0.107. The molecular formula is C37H53NO3. The molecule has 224 valence electrons. The molecule has 4 aliphatic rings. The molecule has 0 heterocycles. The number of hydrogen-bond donors (Lipinski definition) is 0. The van der Waals surface area contributed by atoms with Crippen LogP contribution in [0.5, 0.6) is 5.75 Å². The van der Waals surface area contributed by atoms with Crippen molar-refractivity contribution < 1.29 is 14.3 Å². The number of allylic oxidation sites excluding steroid dienone is 1. The monoisotopic (exact) mass is 559 g/mol. The van der Waals surface area contributed by atoms with E-state index in [1.807, 2.05) is 12.1 Å². The highest BCUT2D eigenvalue weighted by Gasteiger charge is 2.59. The van der Waals surface area contributed by atoms with Crippen LogP contribution in [-0.2, 0) is 11.2 Å². The lowest BCUT2D eigenvalue weighted by molar-refractivity contribution is -0.0597. The van der Waals surface area contributed by atoms with Gasteiger partial charge in [0.25, 0.3) is 0 Å². The van der Waals surface area contributed by atoms with Gasteiger partial charge in [-0.2, -0.15) is 5.26 Å². The Balaban J connectivity index is 1.18. The van der Waals surface area contributed by atoms with Gasteiger partial charge in [0.15, 0.2) is 0 Å². The van der Waals surface area contributed by atoms with E-state index in [2.05, 4.69) is 46.8 Å². The second-order valence-corrected chi connectivity index (χ2v) is 14.9. The van der Waals surface area contributed by atoms with Crippen molar-refractivity contribution in [3.05, 3.63) is 41.5 Å². The fourth-order valence-electron chi connectivity index (χ4n) is 9.93. The second kappa shape index (κ2) is 12.5. The van der Waals surface area contributed by atoms with Gasteiger partial charge in [-0.1, -0.05) is 77.7 Å². The van der Waals surface area contributed by atoms with E-state index in [0.717, 1.165) is 60.3 Å². The van der Waals surface area contributed by atoms with Gasteiger partial charge >= 0.3 is 6.16 Å². The summed E-state index contributed by atoms with van der Waals surface area (Å²) in [5.74, 6) is 5.49. The first-order chi connectivity index (χ1) is 19.6. The Morgan fingerprint density at radius 2 is 1.80 bits per heavy atom. The average molecular weight is 560 g/mol. The normalized spacial score (nSPS) is 35.0. The number of benzene rings is 1. The Morgan fingerprint density at radius 3 is 2.54 bits per heavy atom. The van der Waals surface area contributed by atoms with Crippen LogP contribution in [-0.4, -0.2) is 12.3 Å². The molecule has 4 aliphatic carbocycles. The lowest BCUT2D eigenvalue weighted by Gasteiger charge is -2.58. The molecular weight excluding hydrogens is 506 g/mol. The SMILES string of the molecule is CC(C)CCC[C@H](C)[C@H]1CC[C@H]2[C@@H]3CC=C4C[C@@H](OC(=O)Oc5ccc(CCC#N)cc5)CC[C@]4(C)[C@H]3CC[C@]12C. The Bertz CT molecular complexity index is 1130. The summed E-state index contributed by atoms with van der Waals surface area (Å²) in [6.45, 7) is 12.5. The molecule has 1 aromatic rings. The van der Waals surface area contributed by atoms with Crippen LogP contribution in [0.2, 0.25) is 0 Å². The second-order valence-electron chi connectivity index (χ2n) is 14.9. The van der Waals surface area contributed by atoms with Gasteiger partial charge in [0.05, 0.1) is 6.07 Å². The van der Waals surface area contributed by atoms with E-state index in [9.17, 15) is 4.79 Å². The quantitative estimate of drug-likeness (QED) is 0.172. The first-order valence-corrected chi connectivity index (χ1v) is 16.7. The van der Waals surface area contributed by atoms with Crippen LogP contribution >= 0.6 is 0 Å². The zero-order chi connectivity index (χ0) is 29.2. The summed E-state index contributed by atoms with van der Waals surface area (Å²) in [5.41, 5.74) is 3.35. The highest BCUT2D eigenvalue weighted by atomic mass is 16.7. The van der Waals surface area contributed by atoms with Crippen molar-refractivity contribution >= 4 is 6.16 Å². The number of ether oxygens (including phenoxy) is 2. The molecule has 0 spiro atoms. The van der Waals surface area contributed by atoms with E-state index in [4.69, 9.17) is 14.7 Å². The van der Waals surface area contributed by atoms with Gasteiger partial charge in [0, 0.05) is 12.8 Å². The summed E-state index contributed by atoms with van der Waals surface area (Å²) in [6.07, 6.45) is 16.9. The Kier molecular flexibility index (Phi) is 9.22. The number of fused-ring (bicyclic) bond motifs is 5. The van der Waals surface area contributed by atoms with Crippen LogP contribution in [0.15, 0.2) is 35.9 Å². The molecule has 1 aromatic carbocycles. The Labute approximate surface area is 249 Å². The van der Waals surface area contributed by atoms with Crippen molar-refractivity contribution in [2.45, 2.75) is 124 Å². The van der Waals surface area contributed by atoms with E-state index in [1.165, 1.54) is 56.9 Å². The van der Waals surface area contributed by atoms with Crippen LogP contribution in [0, 0.1) is 57.7 Å². The molecule has 0 N–H and O–H groups in total. The number of rotatable bonds is 9. The molecule has 0 saturated heterocycles. The minimum atomic E-state index is -0.606. The van der Waals surface area contributed by atoms with Crippen LogP contribution in [0.25, 0.3) is 0 Å². The first-order valence-electron chi connectivity index (χ1n) is 16.7. The van der Waals surface area contributed by atoms with Crippen molar-refractivity contribution in [3.63, 3.8) is 0 Å². The zero-order valence-electron chi connectivity index (χ0n) is 26.3. The third kappa shape index (κ3) is 6.25. The van der Waals surface area contributed by atoms with Crippen LogP contribution in [0.1, 0.15) is 117 Å². The largest absolute Gasteiger partial charge is 0.514 e. The maximum absolute atomic E-state index is 12.6. The molecule has 3 saturated carbocycles. The Hall–Kier alpha value is -2.28. The van der Waals surface area contributed by atoms with Crippen LogP contribution < -0.4 is 4.74 Å². The fraction of sp³-hybridized carbons (Fsp3) is 0.730. The van der Waals surface area contributed by atoms with E-state index in [1.54, 1.807) is 12.1 Å². The molecule has 0 bridgehead atoms. The smallest absolute Gasteiger partial charge is 0.430 e. The molecule has 5 rings (SSSR count). The topological polar surface area (TPSA) is 59.3 Å². The lowest BCUT2D eigenvalue weighted by Crippen LogP contribution is -2.51. The van der Waals surface area contributed by atoms with Crippen molar-refractivity contribution in [2.75, 3.05) is 0 Å². The first kappa shape index (κ1) is 30.2. The highest BCUT2D eigenvalue weighted by molar-refractivity contribution is 5.64. The van der Waals surface area contributed by atoms with Crippen molar-refractivity contribution in [3.8, 4) is 11.8 Å². The molecule has 8 atom stereocenters. The molecule has 0 unspecified atom stereocenters. The molecule has 3 fully saturated rings. The molecule has 4 heteroatoms. The lowest BCUT2D eigenvalue weighted by atomic mass is 9.47. The Morgan fingerprint density at radius 1 is 1.02 bits per heavy atom. The van der Waals surface area contributed by atoms with Crippen molar-refractivity contribution in [1.29, 1.82) is 5.26 Å². The van der Waals surface area contributed by atoms with Gasteiger partial charge in [-0.25, -0.2) is 4.79 Å². The van der Waals surface area contributed by atoms with E-state index in [0.29, 0.717) is 24.0 Å².